The molecule has 4 heterocycles. The third kappa shape index (κ3) is 8.86. The number of imidazole rings is 1. The maximum Gasteiger partial charge on any atom is 0.268 e. The summed E-state index contributed by atoms with van der Waals surface area (Å²) in [7, 11) is 0. The number of ether oxygens (including phenoxy) is 1. The fraction of sp³-hybridized carbons (Fsp3) is 0.154. The van der Waals surface area contributed by atoms with Crippen molar-refractivity contribution in [2.75, 3.05) is 0 Å². The fourth-order valence-corrected chi connectivity index (χ4v) is 13.3. The predicted molar refractivity (Wildman–Crippen MR) is 340 cm³/mol. The number of fused-ring (bicyclic) bond motifs is 11. The van der Waals surface area contributed by atoms with E-state index in [1.165, 1.54) is 38.9 Å². The first-order valence-corrected chi connectivity index (χ1v) is 29.1. The summed E-state index contributed by atoms with van der Waals surface area (Å²) < 4.78 is 13.6. The van der Waals surface area contributed by atoms with Crippen LogP contribution in [0.15, 0.2) is 225 Å². The van der Waals surface area contributed by atoms with Gasteiger partial charge >= 0.3 is 0 Å². The van der Waals surface area contributed by atoms with E-state index in [1.54, 1.807) is 0 Å². The second kappa shape index (κ2) is 20.2. The number of pyridine rings is 1. The van der Waals surface area contributed by atoms with Gasteiger partial charge in [-0.2, -0.15) is 18.2 Å². The van der Waals surface area contributed by atoms with Gasteiger partial charge in [-0.3, -0.25) is 4.57 Å². The average Bonchev–Trinajstić information content (AvgIpc) is 3.62. The summed E-state index contributed by atoms with van der Waals surface area (Å²) in [6.07, 6.45) is 8.20. The van der Waals surface area contributed by atoms with Gasteiger partial charge < -0.3 is 13.9 Å². The Morgan fingerprint density at radius 1 is 0.476 bits per heavy atom. The summed E-state index contributed by atoms with van der Waals surface area (Å²) >= 11 is 0. The molecule has 10 aromatic carbocycles. The van der Waals surface area contributed by atoms with Crippen LogP contribution in [0.5, 0.6) is 11.5 Å². The zero-order chi connectivity index (χ0) is 56.4. The van der Waals surface area contributed by atoms with Crippen LogP contribution in [-0.2, 0) is 37.3 Å². The van der Waals surface area contributed by atoms with Crippen LogP contribution >= 0.6 is 0 Å². The van der Waals surface area contributed by atoms with E-state index in [-0.39, 0.29) is 37.3 Å². The molecule has 0 saturated heterocycles. The molecule has 0 amide bonds. The van der Waals surface area contributed by atoms with Gasteiger partial charge in [-0.1, -0.05) is 200 Å². The molecule has 1 aliphatic carbocycles. The van der Waals surface area contributed by atoms with Crippen LogP contribution in [0.1, 0.15) is 78.0 Å². The van der Waals surface area contributed by atoms with E-state index in [9.17, 15) is 0 Å². The summed E-state index contributed by atoms with van der Waals surface area (Å²) in [5.74, 6) is 1.99. The summed E-state index contributed by atoms with van der Waals surface area (Å²) in [6.45, 7) is 16.4. The molecule has 0 atom stereocenters. The SMILES string of the molecule is CC(C)(C)c1ccnc(-n2c3[c-]c(Oc4[c-]c(-n5[c-][n+]6c7c(cccc75)-c5ccccc5-c5cc7c(cc5-c5cccc(-c8cc(-c9ccccc9)cc(-c9ccccc9)c8)c5-6)C(C)(C)CCC7(C)C)ccc4)ccc3c3ccccc32)c1.[Pt]. The second-order valence-corrected chi connectivity index (χ2v) is 25.0. The number of para-hydroxylation sites is 3. The van der Waals surface area contributed by atoms with E-state index < -0.39 is 0 Å². The number of rotatable bonds is 7. The molecule has 84 heavy (non-hydrogen) atoms. The van der Waals surface area contributed by atoms with Gasteiger partial charge in [-0.25, -0.2) is 4.98 Å². The Morgan fingerprint density at radius 2 is 1.04 bits per heavy atom. The first-order chi connectivity index (χ1) is 40.3. The minimum Gasteiger partial charge on any atom is -0.510 e. The third-order valence-electron chi connectivity index (χ3n) is 17.8. The van der Waals surface area contributed by atoms with Gasteiger partial charge in [0.15, 0.2) is 0 Å². The Hall–Kier alpha value is -8.89. The Bertz CT molecular complexity index is 4690. The standard InChI is InChI=1S/C78H62N4O.Pt/c1-76(2,3)55-37-40-79-73(44-55)82-70-33-17-16-29-62(70)63-36-35-58(46-72(63)82)83-57-26-18-25-56(45-57)80-49-81-74-59(54-42-52(50-21-10-8-11-22-50)41-53(43-54)51-23-12-9-13-24-51)30-19-31-65(74)67-48-69-68(77(4,5)38-39-78(69,6)7)47-66(67)61-28-15-14-27-60(61)64-32-20-34-71(80)75(64)81;/h8-37,40-44,47-48H,38-39H2,1-7H3;/q-2;. The second-order valence-electron chi connectivity index (χ2n) is 25.0. The minimum absolute atomic E-state index is 0. The van der Waals surface area contributed by atoms with Crippen molar-refractivity contribution >= 4 is 32.8 Å². The average molecular weight is 1270 g/mol. The number of hydrogen-bond acceptors (Lipinski definition) is 2. The Morgan fingerprint density at radius 3 is 1.74 bits per heavy atom. The van der Waals surface area contributed by atoms with Crippen molar-refractivity contribution in [1.82, 2.24) is 14.1 Å². The van der Waals surface area contributed by atoms with E-state index in [0.717, 1.165) is 107 Å². The fourth-order valence-electron chi connectivity index (χ4n) is 13.3. The summed E-state index contributed by atoms with van der Waals surface area (Å²) in [6, 6.07) is 86.9. The Balaban J connectivity index is 0.00000627. The number of nitrogens with zero attached hydrogens (tertiary/aromatic N) is 4. The number of hydrogen-bond donors (Lipinski definition) is 0. The normalized spacial score (nSPS) is 13.9. The molecule has 3 aromatic heterocycles. The zero-order valence-electron chi connectivity index (χ0n) is 48.3. The largest absolute Gasteiger partial charge is 0.510 e. The molecule has 0 bridgehead atoms. The minimum atomic E-state index is -0.0502. The van der Waals surface area contributed by atoms with Crippen molar-refractivity contribution in [3.63, 3.8) is 0 Å². The molecule has 13 aromatic rings. The third-order valence-corrected chi connectivity index (χ3v) is 17.8. The maximum absolute atomic E-state index is 6.86. The Labute approximate surface area is 506 Å². The summed E-state index contributed by atoms with van der Waals surface area (Å²) in [5.41, 5.74) is 23.8. The van der Waals surface area contributed by atoms with Gasteiger partial charge in [0.05, 0.1) is 16.7 Å². The van der Waals surface area contributed by atoms with Crippen LogP contribution in [0.3, 0.4) is 0 Å². The molecular formula is C78H62N4OPt-2. The molecule has 5 nitrogen and oxygen atoms in total. The van der Waals surface area contributed by atoms with Crippen molar-refractivity contribution in [3.05, 3.63) is 260 Å². The van der Waals surface area contributed by atoms with Crippen LogP contribution in [0.25, 0.3) is 117 Å². The smallest absolute Gasteiger partial charge is 0.268 e. The van der Waals surface area contributed by atoms with E-state index in [1.807, 2.05) is 24.4 Å². The summed E-state index contributed by atoms with van der Waals surface area (Å²) in [4.78, 5) is 4.92. The molecule has 15 rings (SSSR count). The van der Waals surface area contributed by atoms with E-state index >= 15 is 0 Å². The molecule has 0 unspecified atom stereocenters. The zero-order valence-corrected chi connectivity index (χ0v) is 50.6. The van der Waals surface area contributed by atoms with Gasteiger partial charge in [0, 0.05) is 44.3 Å². The molecule has 412 valence electrons. The molecule has 0 spiro atoms. The topological polar surface area (TPSA) is 35.9 Å². The molecule has 0 fully saturated rings. The molecule has 2 aliphatic rings. The van der Waals surface area contributed by atoms with E-state index in [0.29, 0.717) is 11.5 Å². The first kappa shape index (κ1) is 53.1. The van der Waals surface area contributed by atoms with E-state index in [4.69, 9.17) is 9.72 Å². The molecule has 0 saturated carbocycles. The van der Waals surface area contributed by atoms with Gasteiger partial charge in [0.25, 0.3) is 6.33 Å². The van der Waals surface area contributed by atoms with Crippen LogP contribution in [0, 0.1) is 18.5 Å². The quantitative estimate of drug-likeness (QED) is 0.118. The molecule has 0 N–H and O–H groups in total. The first-order valence-electron chi connectivity index (χ1n) is 29.1. The van der Waals surface area contributed by atoms with Crippen molar-refractivity contribution in [2.24, 2.45) is 0 Å². The van der Waals surface area contributed by atoms with Crippen LogP contribution < -0.4 is 9.30 Å². The van der Waals surface area contributed by atoms with Crippen molar-refractivity contribution < 1.29 is 30.4 Å². The molecule has 0 radical (unpaired) electrons. The van der Waals surface area contributed by atoms with Crippen LogP contribution in [0.4, 0.5) is 0 Å². The van der Waals surface area contributed by atoms with Crippen molar-refractivity contribution in [1.29, 1.82) is 0 Å². The molecular weight excluding hydrogens is 1200 g/mol. The van der Waals surface area contributed by atoms with Crippen LogP contribution in [0.2, 0.25) is 0 Å². The van der Waals surface area contributed by atoms with Gasteiger partial charge in [-0.05, 0) is 166 Å². The number of benzene rings is 10. The van der Waals surface area contributed by atoms with E-state index in [2.05, 4.69) is 281 Å². The molecule has 6 heteroatoms. The van der Waals surface area contributed by atoms with Crippen molar-refractivity contribution in [2.45, 2.75) is 77.6 Å². The monoisotopic (exact) mass is 1270 g/mol. The summed E-state index contributed by atoms with van der Waals surface area (Å²) in [5, 5.41) is 2.21. The number of aromatic nitrogens is 4. The molecule has 1 aliphatic heterocycles. The van der Waals surface area contributed by atoms with Crippen molar-refractivity contribution in [3.8, 4) is 95.5 Å². The van der Waals surface area contributed by atoms with Gasteiger partial charge in [0.2, 0.25) is 0 Å². The maximum atomic E-state index is 6.86. The van der Waals surface area contributed by atoms with Crippen LogP contribution in [-0.4, -0.2) is 14.1 Å². The van der Waals surface area contributed by atoms with Gasteiger partial charge in [-0.15, -0.1) is 29.7 Å². The van der Waals surface area contributed by atoms with Gasteiger partial charge in [0.1, 0.15) is 5.82 Å². The Kier molecular flexibility index (Phi) is 12.8. The predicted octanol–water partition coefficient (Wildman–Crippen LogP) is 19.6.